The maximum atomic E-state index is 11.9. The zero-order valence-corrected chi connectivity index (χ0v) is 14.0. The minimum atomic E-state index is 0.241. The van der Waals surface area contributed by atoms with Gasteiger partial charge in [0.2, 0.25) is 5.91 Å². The molecule has 0 radical (unpaired) electrons. The van der Waals surface area contributed by atoms with Gasteiger partial charge in [-0.15, -0.1) is 0 Å². The van der Waals surface area contributed by atoms with Crippen LogP contribution in [0.25, 0.3) is 0 Å². The van der Waals surface area contributed by atoms with E-state index in [0.29, 0.717) is 25.0 Å². The highest BCUT2D eigenvalue weighted by molar-refractivity contribution is 5.95. The van der Waals surface area contributed by atoms with Crippen molar-refractivity contribution in [1.29, 1.82) is 0 Å². The third kappa shape index (κ3) is 3.93. The molecule has 4 nitrogen and oxygen atoms in total. The number of nitrogens with one attached hydrogen (secondary N) is 1. The first-order valence-corrected chi connectivity index (χ1v) is 8.94. The largest absolute Gasteiger partial charge is 0.396 e. The number of rotatable bonds is 5. The molecule has 4 heteroatoms. The molecule has 1 saturated carbocycles. The Bertz CT molecular complexity index is 538. The maximum absolute atomic E-state index is 11.9. The Morgan fingerprint density at radius 3 is 2.74 bits per heavy atom. The van der Waals surface area contributed by atoms with Crippen LogP contribution in [-0.4, -0.2) is 30.2 Å². The summed E-state index contributed by atoms with van der Waals surface area (Å²) in [7, 11) is 0. The number of benzene rings is 1. The van der Waals surface area contributed by atoms with Crippen molar-refractivity contribution in [3.8, 4) is 0 Å². The van der Waals surface area contributed by atoms with Gasteiger partial charge in [0.15, 0.2) is 0 Å². The van der Waals surface area contributed by atoms with E-state index in [0.717, 1.165) is 44.3 Å². The molecule has 1 saturated heterocycles. The molecule has 2 fully saturated rings. The van der Waals surface area contributed by atoms with E-state index in [-0.39, 0.29) is 11.9 Å². The number of amides is 1. The molecule has 0 aromatic heterocycles. The number of nitrogens with zero attached hydrogens (tertiary/aromatic N) is 1. The van der Waals surface area contributed by atoms with Crippen LogP contribution >= 0.6 is 0 Å². The van der Waals surface area contributed by atoms with Crippen molar-refractivity contribution in [2.45, 2.75) is 57.5 Å². The van der Waals surface area contributed by atoms with E-state index < -0.39 is 0 Å². The molecule has 1 aliphatic heterocycles. The molecule has 1 heterocycles. The molecule has 0 spiro atoms. The second-order valence-corrected chi connectivity index (χ2v) is 7.03. The third-order valence-electron chi connectivity index (χ3n) is 5.35. The van der Waals surface area contributed by atoms with Crippen molar-refractivity contribution in [3.05, 3.63) is 29.8 Å². The van der Waals surface area contributed by atoms with Gasteiger partial charge in [0.1, 0.15) is 0 Å². The average Bonchev–Trinajstić information content (AvgIpc) is 3.02. The Morgan fingerprint density at radius 1 is 1.30 bits per heavy atom. The highest BCUT2D eigenvalue weighted by Crippen LogP contribution is 2.28. The fraction of sp³-hybridized carbons (Fsp3) is 0.632. The van der Waals surface area contributed by atoms with Crippen molar-refractivity contribution in [2.75, 3.05) is 18.1 Å². The number of hydrogen-bond acceptors (Lipinski definition) is 3. The predicted molar refractivity (Wildman–Crippen MR) is 92.4 cm³/mol. The monoisotopic (exact) mass is 316 g/mol. The zero-order valence-electron chi connectivity index (χ0n) is 14.0. The van der Waals surface area contributed by atoms with E-state index in [2.05, 4.69) is 30.4 Å². The van der Waals surface area contributed by atoms with Crippen LogP contribution in [-0.2, 0) is 4.79 Å². The number of carbonyl (C=O) groups excluding carboxylic acids is 1. The van der Waals surface area contributed by atoms with E-state index in [4.69, 9.17) is 0 Å². The van der Waals surface area contributed by atoms with Crippen LogP contribution in [0, 0.1) is 5.92 Å². The molecule has 2 N–H and O–H groups in total. The summed E-state index contributed by atoms with van der Waals surface area (Å²) in [5.74, 6) is 0.734. The normalized spacial score (nSPS) is 26.5. The van der Waals surface area contributed by atoms with Gasteiger partial charge in [0, 0.05) is 37.3 Å². The lowest BCUT2D eigenvalue weighted by Crippen LogP contribution is -2.35. The molecule has 2 aliphatic rings. The number of hydrogen-bond donors (Lipinski definition) is 2. The molecule has 1 unspecified atom stereocenters. The number of aliphatic hydroxyl groups is 1. The van der Waals surface area contributed by atoms with Crippen molar-refractivity contribution >= 4 is 11.6 Å². The Hall–Kier alpha value is -1.39. The van der Waals surface area contributed by atoms with Crippen LogP contribution in [0.4, 0.5) is 5.69 Å². The Labute approximate surface area is 138 Å². The molecular formula is C19H28N2O2. The topological polar surface area (TPSA) is 52.6 Å². The highest BCUT2D eigenvalue weighted by atomic mass is 16.3. The first kappa shape index (κ1) is 16.5. The van der Waals surface area contributed by atoms with Crippen LogP contribution < -0.4 is 10.2 Å². The van der Waals surface area contributed by atoms with E-state index in [1.54, 1.807) is 0 Å². The van der Waals surface area contributed by atoms with Gasteiger partial charge in [-0.1, -0.05) is 12.1 Å². The molecule has 23 heavy (non-hydrogen) atoms. The first-order valence-electron chi connectivity index (χ1n) is 8.94. The number of anilines is 1. The smallest absolute Gasteiger partial charge is 0.227 e. The van der Waals surface area contributed by atoms with Crippen molar-refractivity contribution in [2.24, 2.45) is 5.92 Å². The molecular weight excluding hydrogens is 288 g/mol. The number of aliphatic hydroxyl groups excluding tert-OH is 1. The molecule has 1 aromatic rings. The average molecular weight is 316 g/mol. The zero-order chi connectivity index (χ0) is 16.2. The molecule has 1 atom stereocenters. The molecule has 1 amide bonds. The van der Waals surface area contributed by atoms with Gasteiger partial charge in [0.25, 0.3) is 0 Å². The maximum Gasteiger partial charge on any atom is 0.227 e. The summed E-state index contributed by atoms with van der Waals surface area (Å²) >= 11 is 0. The molecule has 126 valence electrons. The van der Waals surface area contributed by atoms with Crippen LogP contribution in [0.15, 0.2) is 24.3 Å². The summed E-state index contributed by atoms with van der Waals surface area (Å²) in [4.78, 5) is 13.8. The van der Waals surface area contributed by atoms with Gasteiger partial charge in [-0.25, -0.2) is 0 Å². The SMILES string of the molecule is CC(NC1CCC(CO)CC1)c1cccc(N2CCCC2=O)c1. The lowest BCUT2D eigenvalue weighted by atomic mass is 9.86. The second-order valence-electron chi connectivity index (χ2n) is 7.03. The lowest BCUT2D eigenvalue weighted by Gasteiger charge is -2.31. The van der Waals surface area contributed by atoms with Crippen LogP contribution in [0.5, 0.6) is 0 Å². The summed E-state index contributed by atoms with van der Waals surface area (Å²) in [6.45, 7) is 3.37. The standard InChI is InChI=1S/C19H28N2O2/c1-14(20-17-9-7-15(13-22)8-10-17)16-4-2-5-18(12-16)21-11-3-6-19(21)23/h2,4-5,12,14-15,17,20,22H,3,6-11,13H2,1H3. The van der Waals surface area contributed by atoms with Crippen LogP contribution in [0.1, 0.15) is 57.1 Å². The highest BCUT2D eigenvalue weighted by Gasteiger charge is 2.24. The molecule has 3 rings (SSSR count). The second kappa shape index (κ2) is 7.45. The quantitative estimate of drug-likeness (QED) is 0.878. The summed E-state index contributed by atoms with van der Waals surface area (Å²) in [6, 6.07) is 9.19. The van der Waals surface area contributed by atoms with Gasteiger partial charge >= 0.3 is 0 Å². The summed E-state index contributed by atoms with van der Waals surface area (Å²) in [5, 5.41) is 13.0. The van der Waals surface area contributed by atoms with Crippen LogP contribution in [0.2, 0.25) is 0 Å². The lowest BCUT2D eigenvalue weighted by molar-refractivity contribution is -0.117. The summed E-state index contributed by atoms with van der Waals surface area (Å²) < 4.78 is 0. The molecule has 1 aromatic carbocycles. The van der Waals surface area contributed by atoms with Gasteiger partial charge in [-0.2, -0.15) is 0 Å². The van der Waals surface area contributed by atoms with Gasteiger partial charge < -0.3 is 15.3 Å². The van der Waals surface area contributed by atoms with Gasteiger partial charge in [-0.3, -0.25) is 4.79 Å². The Kier molecular flexibility index (Phi) is 5.34. The summed E-state index contributed by atoms with van der Waals surface area (Å²) in [5.41, 5.74) is 2.27. The van der Waals surface area contributed by atoms with E-state index >= 15 is 0 Å². The van der Waals surface area contributed by atoms with Crippen molar-refractivity contribution in [3.63, 3.8) is 0 Å². The van der Waals surface area contributed by atoms with Crippen molar-refractivity contribution in [1.82, 2.24) is 5.32 Å². The Balaban J connectivity index is 1.61. The van der Waals surface area contributed by atoms with Gasteiger partial charge in [0.05, 0.1) is 0 Å². The minimum absolute atomic E-state index is 0.241. The first-order chi connectivity index (χ1) is 11.2. The van der Waals surface area contributed by atoms with E-state index in [1.807, 2.05) is 11.0 Å². The Morgan fingerprint density at radius 2 is 2.09 bits per heavy atom. The fourth-order valence-electron chi connectivity index (χ4n) is 3.84. The predicted octanol–water partition coefficient (Wildman–Crippen LogP) is 3.02. The summed E-state index contributed by atoms with van der Waals surface area (Å²) in [6.07, 6.45) is 6.14. The molecule has 1 aliphatic carbocycles. The number of carbonyl (C=O) groups is 1. The minimum Gasteiger partial charge on any atom is -0.396 e. The van der Waals surface area contributed by atoms with E-state index in [1.165, 1.54) is 5.56 Å². The van der Waals surface area contributed by atoms with Crippen molar-refractivity contribution < 1.29 is 9.90 Å². The third-order valence-corrected chi connectivity index (χ3v) is 5.35. The molecule has 0 bridgehead atoms. The van der Waals surface area contributed by atoms with E-state index in [9.17, 15) is 9.90 Å². The van der Waals surface area contributed by atoms with Crippen LogP contribution in [0.3, 0.4) is 0 Å². The fourth-order valence-corrected chi connectivity index (χ4v) is 3.84. The van der Waals surface area contributed by atoms with Gasteiger partial charge in [-0.05, 0) is 62.6 Å².